The van der Waals surface area contributed by atoms with Crippen LogP contribution >= 0.6 is 11.3 Å². The molecule has 0 aliphatic heterocycles. The van der Waals surface area contributed by atoms with E-state index in [1.807, 2.05) is 18.4 Å². The van der Waals surface area contributed by atoms with Crippen LogP contribution in [0.5, 0.6) is 0 Å². The van der Waals surface area contributed by atoms with Crippen molar-refractivity contribution in [2.45, 2.75) is 13.0 Å². The Morgan fingerprint density at radius 1 is 1.82 bits per heavy atom. The second-order valence-electron chi connectivity index (χ2n) is 2.27. The fraction of sp³-hybridized carbons (Fsp3) is 0.286. The molecule has 0 saturated heterocycles. The quantitative estimate of drug-likeness (QED) is 0.683. The fourth-order valence-electron chi connectivity index (χ4n) is 0.794. The first-order valence-electron chi connectivity index (χ1n) is 3.14. The summed E-state index contributed by atoms with van der Waals surface area (Å²) in [7, 11) is 0. The summed E-state index contributed by atoms with van der Waals surface area (Å²) in [5, 5.41) is 11.0. The molecule has 1 amide bonds. The minimum absolute atomic E-state index is 0.637. The third-order valence-corrected chi connectivity index (χ3v) is 2.49. The predicted octanol–water partition coefficient (Wildman–Crippen LogP) is 0.575. The summed E-state index contributed by atoms with van der Waals surface area (Å²) in [5.74, 6) is -0.699. The molecule has 1 aromatic rings. The maximum absolute atomic E-state index is 10.5. The molecule has 0 aromatic carbocycles. The minimum atomic E-state index is -1.14. The van der Waals surface area contributed by atoms with Gasteiger partial charge in [0.2, 0.25) is 0 Å². The summed E-state index contributed by atoms with van der Waals surface area (Å²) in [6.07, 6.45) is -1.14. The minimum Gasteiger partial charge on any atom is -0.378 e. The van der Waals surface area contributed by atoms with Crippen LogP contribution in [-0.4, -0.2) is 11.0 Å². The van der Waals surface area contributed by atoms with E-state index in [4.69, 9.17) is 5.73 Å². The Hall–Kier alpha value is -0.870. The zero-order valence-corrected chi connectivity index (χ0v) is 6.89. The van der Waals surface area contributed by atoms with Gasteiger partial charge in [0.25, 0.3) is 5.91 Å². The average molecular weight is 171 g/mol. The molecule has 0 aliphatic carbocycles. The van der Waals surface area contributed by atoms with Crippen molar-refractivity contribution < 1.29 is 9.90 Å². The van der Waals surface area contributed by atoms with Crippen LogP contribution < -0.4 is 5.73 Å². The molecular formula is C7H9NO2S. The largest absolute Gasteiger partial charge is 0.378 e. The molecule has 0 spiro atoms. The van der Waals surface area contributed by atoms with E-state index < -0.39 is 12.0 Å². The summed E-state index contributed by atoms with van der Waals surface area (Å²) in [5.41, 5.74) is 5.82. The molecule has 3 nitrogen and oxygen atoms in total. The van der Waals surface area contributed by atoms with Gasteiger partial charge in [0, 0.05) is 4.88 Å². The van der Waals surface area contributed by atoms with E-state index in [-0.39, 0.29) is 0 Å². The van der Waals surface area contributed by atoms with Crippen molar-refractivity contribution >= 4 is 17.2 Å². The monoisotopic (exact) mass is 171 g/mol. The highest BCUT2D eigenvalue weighted by Gasteiger charge is 2.16. The zero-order valence-electron chi connectivity index (χ0n) is 6.07. The molecule has 1 aromatic heterocycles. The number of aliphatic hydroxyl groups is 1. The van der Waals surface area contributed by atoms with E-state index in [9.17, 15) is 9.90 Å². The number of hydrogen-bond acceptors (Lipinski definition) is 3. The number of nitrogens with two attached hydrogens (primary N) is 1. The number of carbonyl (C=O) groups excluding carboxylic acids is 1. The Kier molecular flexibility index (Phi) is 2.26. The summed E-state index contributed by atoms with van der Waals surface area (Å²) >= 11 is 1.34. The highest BCUT2D eigenvalue weighted by atomic mass is 32.1. The summed E-state index contributed by atoms with van der Waals surface area (Å²) in [6, 6.07) is 1.84. The lowest BCUT2D eigenvalue weighted by molar-refractivity contribution is -0.126. The van der Waals surface area contributed by atoms with Crippen molar-refractivity contribution in [1.82, 2.24) is 0 Å². The highest BCUT2D eigenvalue weighted by Crippen LogP contribution is 2.22. The molecule has 4 heteroatoms. The van der Waals surface area contributed by atoms with Gasteiger partial charge in [0.1, 0.15) is 0 Å². The van der Waals surface area contributed by atoms with Gasteiger partial charge in [-0.05, 0) is 23.9 Å². The van der Waals surface area contributed by atoms with Crippen molar-refractivity contribution in [3.05, 3.63) is 21.9 Å². The maximum atomic E-state index is 10.5. The molecule has 11 heavy (non-hydrogen) atoms. The second-order valence-corrected chi connectivity index (χ2v) is 3.22. The standard InChI is InChI=1S/C7H9NO2S/c1-4-2-3-11-6(4)5(9)7(8)10/h2-3,5,9H,1H3,(H2,8,10). The molecule has 1 atom stereocenters. The van der Waals surface area contributed by atoms with Crippen molar-refractivity contribution in [2.75, 3.05) is 0 Å². The van der Waals surface area contributed by atoms with Gasteiger partial charge in [-0.2, -0.15) is 0 Å². The molecule has 3 N–H and O–H groups in total. The second kappa shape index (κ2) is 3.02. The van der Waals surface area contributed by atoms with E-state index in [2.05, 4.69) is 0 Å². The number of primary amides is 1. The normalized spacial score (nSPS) is 12.9. The average Bonchev–Trinajstić information content (AvgIpc) is 2.33. The molecule has 0 saturated carbocycles. The van der Waals surface area contributed by atoms with Gasteiger partial charge >= 0.3 is 0 Å². The van der Waals surface area contributed by atoms with Crippen LogP contribution in [0.25, 0.3) is 0 Å². The number of aliphatic hydroxyl groups excluding tert-OH is 1. The van der Waals surface area contributed by atoms with Gasteiger partial charge in [0.05, 0.1) is 0 Å². The van der Waals surface area contributed by atoms with Gasteiger partial charge in [-0.25, -0.2) is 0 Å². The number of hydrogen-bond donors (Lipinski definition) is 2. The van der Waals surface area contributed by atoms with E-state index in [1.54, 1.807) is 0 Å². The first-order valence-corrected chi connectivity index (χ1v) is 4.02. The lowest BCUT2D eigenvalue weighted by Gasteiger charge is -2.03. The Balaban J connectivity index is 2.92. The van der Waals surface area contributed by atoms with Crippen LogP contribution in [0.15, 0.2) is 11.4 Å². The molecule has 0 fully saturated rings. The smallest absolute Gasteiger partial charge is 0.251 e. The van der Waals surface area contributed by atoms with E-state index >= 15 is 0 Å². The SMILES string of the molecule is Cc1ccsc1C(O)C(N)=O. The Morgan fingerprint density at radius 3 is 2.82 bits per heavy atom. The van der Waals surface area contributed by atoms with Crippen molar-refractivity contribution in [3.63, 3.8) is 0 Å². The maximum Gasteiger partial charge on any atom is 0.251 e. The van der Waals surface area contributed by atoms with Crippen molar-refractivity contribution in [2.24, 2.45) is 5.73 Å². The van der Waals surface area contributed by atoms with Gasteiger partial charge in [-0.1, -0.05) is 0 Å². The zero-order chi connectivity index (χ0) is 8.43. The summed E-state index contributed by atoms with van der Waals surface area (Å²) in [6.45, 7) is 1.83. The molecular weight excluding hydrogens is 162 g/mol. The van der Waals surface area contributed by atoms with Gasteiger partial charge in [0.15, 0.2) is 6.10 Å². The topological polar surface area (TPSA) is 63.3 Å². The van der Waals surface area contributed by atoms with E-state index in [1.165, 1.54) is 11.3 Å². The van der Waals surface area contributed by atoms with Gasteiger partial charge in [-0.3, -0.25) is 4.79 Å². The lowest BCUT2D eigenvalue weighted by Crippen LogP contribution is -2.20. The van der Waals surface area contributed by atoms with Gasteiger partial charge in [-0.15, -0.1) is 11.3 Å². The lowest BCUT2D eigenvalue weighted by atomic mass is 10.2. The number of thiophene rings is 1. The molecule has 1 rings (SSSR count). The fourth-order valence-corrected chi connectivity index (χ4v) is 1.71. The molecule has 0 bridgehead atoms. The van der Waals surface area contributed by atoms with Crippen LogP contribution in [0, 0.1) is 6.92 Å². The highest BCUT2D eigenvalue weighted by molar-refractivity contribution is 7.10. The van der Waals surface area contributed by atoms with Crippen LogP contribution in [0.3, 0.4) is 0 Å². The number of amides is 1. The van der Waals surface area contributed by atoms with E-state index in [0.717, 1.165) is 5.56 Å². The Morgan fingerprint density at radius 2 is 2.45 bits per heavy atom. The third-order valence-electron chi connectivity index (χ3n) is 1.42. The first kappa shape index (κ1) is 8.23. The van der Waals surface area contributed by atoms with Gasteiger partial charge < -0.3 is 10.8 Å². The number of aryl methyl sites for hydroxylation is 1. The molecule has 0 aliphatic rings. The molecule has 1 unspecified atom stereocenters. The predicted molar refractivity (Wildman–Crippen MR) is 43.2 cm³/mol. The molecule has 60 valence electrons. The van der Waals surface area contributed by atoms with Crippen LogP contribution in [-0.2, 0) is 4.79 Å². The van der Waals surface area contributed by atoms with E-state index in [0.29, 0.717) is 4.88 Å². The Bertz CT molecular complexity index is 269. The van der Waals surface area contributed by atoms with Crippen LogP contribution in [0.4, 0.5) is 0 Å². The first-order chi connectivity index (χ1) is 5.13. The third kappa shape index (κ3) is 1.58. The Labute approximate surface area is 68.5 Å². The summed E-state index contributed by atoms with van der Waals surface area (Å²) in [4.78, 5) is 11.2. The molecule has 1 heterocycles. The van der Waals surface area contributed by atoms with Crippen molar-refractivity contribution in [3.8, 4) is 0 Å². The molecule has 0 radical (unpaired) electrons. The van der Waals surface area contributed by atoms with Crippen LogP contribution in [0.1, 0.15) is 16.5 Å². The van der Waals surface area contributed by atoms with Crippen LogP contribution in [0.2, 0.25) is 0 Å². The number of rotatable bonds is 2. The number of carbonyl (C=O) groups is 1. The summed E-state index contributed by atoms with van der Waals surface area (Å²) < 4.78 is 0. The van der Waals surface area contributed by atoms with Crippen molar-refractivity contribution in [1.29, 1.82) is 0 Å².